The van der Waals surface area contributed by atoms with E-state index < -0.39 is 61.0 Å². The Morgan fingerprint density at radius 1 is 1.24 bits per heavy atom. The summed E-state index contributed by atoms with van der Waals surface area (Å²) >= 11 is 0. The van der Waals surface area contributed by atoms with Crippen LogP contribution in [0.4, 0.5) is 4.39 Å². The van der Waals surface area contributed by atoms with Gasteiger partial charge in [-0.1, -0.05) is 42.5 Å². The van der Waals surface area contributed by atoms with Gasteiger partial charge in [-0.15, -0.1) is 6.58 Å². The number of carbonyl (C=O) groups is 1. The van der Waals surface area contributed by atoms with E-state index in [1.54, 1.807) is 38.1 Å². The molecule has 3 N–H and O–H groups in total. The van der Waals surface area contributed by atoms with Gasteiger partial charge < -0.3 is 19.1 Å². The largest absolute Gasteiger partial charge is 0.508 e. The first-order valence-corrected chi connectivity index (χ1v) is 14.1. The maximum absolute atomic E-state index is 14.2. The predicted molar refractivity (Wildman–Crippen MR) is 147 cm³/mol. The van der Waals surface area contributed by atoms with E-state index >= 15 is 0 Å². The summed E-state index contributed by atoms with van der Waals surface area (Å²) in [5.41, 5.74) is -2.19. The van der Waals surface area contributed by atoms with Gasteiger partial charge in [0.15, 0.2) is 12.0 Å². The first-order valence-electron chi connectivity index (χ1n) is 12.6. The topological polar surface area (TPSA) is 158 Å². The summed E-state index contributed by atoms with van der Waals surface area (Å²) in [6, 6.07) is 11.1. The Kier molecular flexibility index (Phi) is 8.81. The van der Waals surface area contributed by atoms with E-state index in [4.69, 9.17) is 18.5 Å². The van der Waals surface area contributed by atoms with Gasteiger partial charge in [0.05, 0.1) is 18.7 Å². The monoisotopic (exact) mass is 589 g/mol. The Hall–Kier alpha value is -4.19. The average molecular weight is 590 g/mol. The molecule has 0 saturated carbocycles. The van der Waals surface area contributed by atoms with Crippen LogP contribution in [0.5, 0.6) is 5.75 Å². The molecule has 3 aromatic rings. The summed E-state index contributed by atoms with van der Waals surface area (Å²) in [6.07, 6.45) is -1.65. The molecule has 1 aliphatic heterocycles. The van der Waals surface area contributed by atoms with Gasteiger partial charge in [0.2, 0.25) is 5.82 Å². The number of aliphatic hydroxyl groups is 1. The third kappa shape index (κ3) is 6.76. The second-order valence-corrected chi connectivity index (χ2v) is 11.0. The maximum atomic E-state index is 14.2. The number of carbonyl (C=O) groups excluding carboxylic acids is 1. The van der Waals surface area contributed by atoms with Crippen LogP contribution in [0.3, 0.4) is 0 Å². The summed E-state index contributed by atoms with van der Waals surface area (Å²) < 4.78 is 51.4. The fraction of sp³-hybridized carbons (Fsp3) is 0.296. The molecule has 0 bridgehead atoms. The third-order valence-corrected chi connectivity index (χ3v) is 7.55. The fourth-order valence-corrected chi connectivity index (χ4v) is 5.67. The molecule has 218 valence electrons. The van der Waals surface area contributed by atoms with Crippen LogP contribution >= 0.6 is 7.75 Å². The van der Waals surface area contributed by atoms with E-state index in [9.17, 15) is 28.4 Å². The molecule has 41 heavy (non-hydrogen) atoms. The van der Waals surface area contributed by atoms with E-state index in [2.05, 4.69) is 11.7 Å². The van der Waals surface area contributed by atoms with E-state index in [1.807, 2.05) is 23.2 Å². The zero-order valence-corrected chi connectivity index (χ0v) is 23.3. The Morgan fingerprint density at radius 2 is 1.95 bits per heavy atom. The standard InChI is InChI=1S/C27H29FN3O9P/c1-5-21(24-20(32)13-23(38-24)31-14-19(28)25(33)29-27(31)35)39-41(36,30-16(4)26(34)37-15(2)3)40-22-12-8-10-17-9-6-7-11-18(17)22/h5-12,14-16,21,23,32H,1,13H2,2-4H3,(H,30,36)(H,29,33,35)/t16-,21+,23+,41+/m0/s1. The number of aliphatic hydroxyl groups excluding tert-OH is 1. The number of aromatic amines is 1. The molecule has 4 atom stereocenters. The minimum absolute atomic E-state index is 0.171. The number of rotatable bonds is 11. The van der Waals surface area contributed by atoms with Crippen molar-refractivity contribution in [3.8, 4) is 5.75 Å². The van der Waals surface area contributed by atoms with E-state index in [-0.39, 0.29) is 17.9 Å². The molecule has 1 aromatic heterocycles. The second kappa shape index (κ2) is 12.1. The summed E-state index contributed by atoms with van der Waals surface area (Å²) in [7, 11) is -4.49. The van der Waals surface area contributed by atoms with Gasteiger partial charge in [-0.25, -0.2) is 9.36 Å². The molecule has 0 fully saturated rings. The van der Waals surface area contributed by atoms with Crippen molar-refractivity contribution in [3.05, 3.63) is 99.5 Å². The number of nitrogens with one attached hydrogen (secondary N) is 2. The molecule has 14 heteroatoms. The molecule has 0 radical (unpaired) electrons. The van der Waals surface area contributed by atoms with Crippen LogP contribution in [0, 0.1) is 5.82 Å². The van der Waals surface area contributed by atoms with Gasteiger partial charge in [-0.2, -0.15) is 9.48 Å². The maximum Gasteiger partial charge on any atom is 0.460 e. The first-order chi connectivity index (χ1) is 19.4. The summed E-state index contributed by atoms with van der Waals surface area (Å²) in [4.78, 5) is 38.0. The van der Waals surface area contributed by atoms with Crippen LogP contribution in [-0.2, 0) is 23.4 Å². The summed E-state index contributed by atoms with van der Waals surface area (Å²) in [5, 5.41) is 14.6. The lowest BCUT2D eigenvalue weighted by Gasteiger charge is -2.27. The van der Waals surface area contributed by atoms with Crippen molar-refractivity contribution in [1.82, 2.24) is 14.6 Å². The lowest BCUT2D eigenvalue weighted by atomic mass is 10.1. The second-order valence-electron chi connectivity index (χ2n) is 9.40. The van der Waals surface area contributed by atoms with Crippen LogP contribution in [-0.4, -0.2) is 38.9 Å². The molecule has 0 unspecified atom stereocenters. The average Bonchev–Trinajstić information content (AvgIpc) is 3.30. The van der Waals surface area contributed by atoms with E-state index in [0.29, 0.717) is 11.6 Å². The molecule has 12 nitrogen and oxygen atoms in total. The molecule has 0 aliphatic carbocycles. The molecule has 1 aliphatic rings. The Morgan fingerprint density at radius 3 is 2.66 bits per heavy atom. The number of fused-ring (bicyclic) bond motifs is 1. The molecule has 0 saturated heterocycles. The third-order valence-electron chi connectivity index (χ3n) is 5.90. The van der Waals surface area contributed by atoms with Gasteiger partial charge in [-0.3, -0.25) is 23.7 Å². The number of hydrogen-bond acceptors (Lipinski definition) is 9. The molecular formula is C27H29FN3O9P. The quantitative estimate of drug-likeness (QED) is 0.168. The van der Waals surface area contributed by atoms with Crippen molar-refractivity contribution in [2.75, 3.05) is 0 Å². The number of benzene rings is 2. The molecule has 0 amide bonds. The highest BCUT2D eigenvalue weighted by Crippen LogP contribution is 2.50. The highest BCUT2D eigenvalue weighted by molar-refractivity contribution is 7.52. The SMILES string of the molecule is C=C[C@@H](O[P@](=O)(N[C@@H](C)C(=O)OC(C)C)Oc1cccc2ccccc12)C1=C(O)C[C@H](n2cc(F)c(=O)[nH]c2=O)O1. The van der Waals surface area contributed by atoms with Crippen molar-refractivity contribution >= 4 is 24.5 Å². The van der Waals surface area contributed by atoms with Crippen LogP contribution in [0.15, 0.2) is 82.4 Å². The van der Waals surface area contributed by atoms with Crippen molar-refractivity contribution in [1.29, 1.82) is 0 Å². The van der Waals surface area contributed by atoms with Crippen molar-refractivity contribution in [3.63, 3.8) is 0 Å². The van der Waals surface area contributed by atoms with Gasteiger partial charge in [0.1, 0.15) is 23.7 Å². The van der Waals surface area contributed by atoms with Gasteiger partial charge >= 0.3 is 19.4 Å². The number of aromatic nitrogens is 2. The van der Waals surface area contributed by atoms with Gasteiger partial charge in [-0.05, 0) is 32.2 Å². The Bertz CT molecular complexity index is 1660. The Balaban J connectivity index is 1.65. The highest BCUT2D eigenvalue weighted by atomic mass is 31.2. The van der Waals surface area contributed by atoms with Crippen molar-refractivity contribution < 1.29 is 37.4 Å². The summed E-state index contributed by atoms with van der Waals surface area (Å²) in [5.74, 6) is -2.49. The number of hydrogen-bond donors (Lipinski definition) is 3. The van der Waals surface area contributed by atoms with E-state index in [1.165, 1.54) is 6.92 Å². The smallest absolute Gasteiger partial charge is 0.460 e. The number of halogens is 1. The van der Waals surface area contributed by atoms with Crippen LogP contribution < -0.4 is 20.9 Å². The van der Waals surface area contributed by atoms with E-state index in [0.717, 1.165) is 16.0 Å². The van der Waals surface area contributed by atoms with Gasteiger partial charge in [0, 0.05) is 5.39 Å². The minimum atomic E-state index is -4.49. The first kappa shape index (κ1) is 29.8. The minimum Gasteiger partial charge on any atom is -0.508 e. The number of H-pyrrole nitrogens is 1. The van der Waals surface area contributed by atoms with Crippen LogP contribution in [0.2, 0.25) is 0 Å². The van der Waals surface area contributed by atoms with Crippen molar-refractivity contribution in [2.24, 2.45) is 0 Å². The van der Waals surface area contributed by atoms with Crippen molar-refractivity contribution in [2.45, 2.75) is 51.7 Å². The lowest BCUT2D eigenvalue weighted by Crippen LogP contribution is -2.37. The van der Waals surface area contributed by atoms with Crippen LogP contribution in [0.25, 0.3) is 10.8 Å². The number of ether oxygens (including phenoxy) is 2. The summed E-state index contributed by atoms with van der Waals surface area (Å²) in [6.45, 7) is 8.38. The zero-order valence-electron chi connectivity index (χ0n) is 22.4. The molecular weight excluding hydrogens is 560 g/mol. The molecule has 2 aromatic carbocycles. The Labute approximate surface area is 233 Å². The fourth-order valence-electron chi connectivity index (χ4n) is 4.04. The normalized spacial score (nSPS) is 18.0. The van der Waals surface area contributed by atoms with Gasteiger partial charge in [0.25, 0.3) is 5.56 Å². The highest BCUT2D eigenvalue weighted by Gasteiger charge is 2.40. The number of esters is 1. The van der Waals surface area contributed by atoms with Crippen LogP contribution in [0.1, 0.15) is 33.4 Å². The lowest BCUT2D eigenvalue weighted by molar-refractivity contribution is -0.149. The molecule has 2 heterocycles. The molecule has 0 spiro atoms. The number of nitrogens with zero attached hydrogens (tertiary/aromatic N) is 1. The molecule has 4 rings (SSSR count). The zero-order chi connectivity index (χ0) is 29.9. The predicted octanol–water partition coefficient (Wildman–Crippen LogP) is 4.21.